The first kappa shape index (κ1) is 24.6. The minimum atomic E-state index is -4.53. The lowest BCUT2D eigenvalue weighted by molar-refractivity contribution is -0.137. The number of ether oxygens (including phenoxy) is 1. The van der Waals surface area contributed by atoms with Gasteiger partial charge in [-0.1, -0.05) is 46.7 Å². The number of nitrogens with zero attached hydrogens (tertiary/aromatic N) is 3. The second kappa shape index (κ2) is 11.1. The van der Waals surface area contributed by atoms with E-state index >= 15 is 0 Å². The molecule has 7 nitrogen and oxygen atoms in total. The van der Waals surface area contributed by atoms with Crippen LogP contribution in [0.1, 0.15) is 42.2 Å². The van der Waals surface area contributed by atoms with Crippen LogP contribution in [0.5, 0.6) is 0 Å². The highest BCUT2D eigenvalue weighted by Crippen LogP contribution is 2.35. The van der Waals surface area contributed by atoms with E-state index in [4.69, 9.17) is 14.4 Å². The van der Waals surface area contributed by atoms with E-state index in [1.165, 1.54) is 39.5 Å². The molecular weight excluding hydrogens is 427 g/mol. The largest absolute Gasteiger partial charge is 0.479 e. The van der Waals surface area contributed by atoms with Gasteiger partial charge in [0.15, 0.2) is 11.8 Å². The number of methoxy groups -OCH3 is 1. The molecule has 0 saturated heterocycles. The molecule has 0 aliphatic carbocycles. The van der Waals surface area contributed by atoms with Crippen LogP contribution >= 0.6 is 0 Å². The van der Waals surface area contributed by atoms with E-state index in [9.17, 15) is 18.0 Å². The van der Waals surface area contributed by atoms with Gasteiger partial charge in [0.25, 0.3) is 0 Å². The summed E-state index contributed by atoms with van der Waals surface area (Å²) < 4.78 is 45.1. The smallest absolute Gasteiger partial charge is 0.416 e. The van der Waals surface area contributed by atoms with Gasteiger partial charge in [0.2, 0.25) is 11.8 Å². The molecule has 0 aromatic heterocycles. The molecule has 0 aliphatic heterocycles. The highest BCUT2D eigenvalue weighted by atomic mass is 19.4. The lowest BCUT2D eigenvalue weighted by atomic mass is 9.93. The molecule has 0 N–H and O–H groups in total. The molecule has 0 radical (unpaired) electrons. The number of carbonyl (C=O) groups excluding carboxylic acids is 1. The molecule has 1 unspecified atom stereocenters. The van der Waals surface area contributed by atoms with Crippen LogP contribution in [0, 0.1) is 0 Å². The highest BCUT2D eigenvalue weighted by molar-refractivity contribution is 6.46. The molecule has 0 saturated carbocycles. The van der Waals surface area contributed by atoms with Crippen molar-refractivity contribution in [2.24, 2.45) is 15.3 Å². The zero-order valence-electron chi connectivity index (χ0n) is 17.9. The van der Waals surface area contributed by atoms with Crippen molar-refractivity contribution in [2.75, 3.05) is 14.2 Å². The van der Waals surface area contributed by atoms with E-state index in [0.29, 0.717) is 11.1 Å². The van der Waals surface area contributed by atoms with Gasteiger partial charge in [-0.2, -0.15) is 18.2 Å². The quantitative estimate of drug-likeness (QED) is 0.347. The summed E-state index contributed by atoms with van der Waals surface area (Å²) in [6.07, 6.45) is -4.21. The Hall–Kier alpha value is -3.69. The van der Waals surface area contributed by atoms with Crippen molar-refractivity contribution in [3.8, 4) is 0 Å². The molecule has 1 atom stereocenters. The number of alkyl halides is 3. The second-order valence-electron chi connectivity index (χ2n) is 6.32. The standard InChI is InChI=1S/C22H22F3N3O4/c1-5-26-32-20(15-9-8-10-16(13-15)22(23,24)25)18-12-7-6-11-17(18)19(28-31-4)21(30-3)27-14(2)29/h5-13,20H,1-4H3. The first-order chi connectivity index (χ1) is 15.2. The van der Waals surface area contributed by atoms with Crippen LogP contribution in [0.4, 0.5) is 13.2 Å². The second-order valence-corrected chi connectivity index (χ2v) is 6.32. The minimum Gasteiger partial charge on any atom is -0.479 e. The lowest BCUT2D eigenvalue weighted by Crippen LogP contribution is -2.22. The topological polar surface area (TPSA) is 81.8 Å². The fourth-order valence-electron chi connectivity index (χ4n) is 2.87. The van der Waals surface area contributed by atoms with Crippen LogP contribution in [0.2, 0.25) is 0 Å². The maximum atomic E-state index is 13.3. The van der Waals surface area contributed by atoms with Crippen molar-refractivity contribution >= 4 is 23.7 Å². The predicted octanol–water partition coefficient (Wildman–Crippen LogP) is 4.76. The van der Waals surface area contributed by atoms with E-state index in [2.05, 4.69) is 15.3 Å². The third kappa shape index (κ3) is 6.16. The number of benzene rings is 2. The van der Waals surface area contributed by atoms with Gasteiger partial charge in [0.05, 0.1) is 12.7 Å². The van der Waals surface area contributed by atoms with Gasteiger partial charge in [-0.3, -0.25) is 4.79 Å². The Labute approximate surface area is 183 Å². The van der Waals surface area contributed by atoms with Crippen LogP contribution in [0.3, 0.4) is 0 Å². The van der Waals surface area contributed by atoms with Crippen molar-refractivity contribution in [2.45, 2.75) is 26.1 Å². The SMILES string of the molecule is CC=NOC(c1cccc(C(F)(F)F)c1)c1ccccc1C(=NOC)C(=NC(C)=O)OC. The number of halogens is 3. The van der Waals surface area contributed by atoms with Crippen LogP contribution in [0.15, 0.2) is 63.8 Å². The average molecular weight is 449 g/mol. The molecule has 1 amide bonds. The van der Waals surface area contributed by atoms with Gasteiger partial charge < -0.3 is 14.4 Å². The lowest BCUT2D eigenvalue weighted by Gasteiger charge is -2.21. The predicted molar refractivity (Wildman–Crippen MR) is 114 cm³/mol. The number of oxime groups is 2. The number of carbonyl (C=O) groups is 1. The van der Waals surface area contributed by atoms with E-state index in [-0.39, 0.29) is 17.2 Å². The summed E-state index contributed by atoms with van der Waals surface area (Å²) in [5.41, 5.74) is 0.202. The molecule has 2 aromatic rings. The van der Waals surface area contributed by atoms with Gasteiger partial charge in [-0.05, 0) is 19.1 Å². The first-order valence-electron chi connectivity index (χ1n) is 9.37. The monoisotopic (exact) mass is 449 g/mol. The fraction of sp³-hybridized carbons (Fsp3) is 0.273. The van der Waals surface area contributed by atoms with Gasteiger partial charge in [0, 0.05) is 29.8 Å². The van der Waals surface area contributed by atoms with Crippen LogP contribution in [-0.2, 0) is 25.4 Å². The summed E-state index contributed by atoms with van der Waals surface area (Å²) >= 11 is 0. The number of rotatable bonds is 7. The Morgan fingerprint density at radius 3 is 2.41 bits per heavy atom. The zero-order chi connectivity index (χ0) is 23.7. The average Bonchev–Trinajstić information content (AvgIpc) is 2.76. The fourth-order valence-corrected chi connectivity index (χ4v) is 2.87. The maximum Gasteiger partial charge on any atom is 0.416 e. The molecule has 32 heavy (non-hydrogen) atoms. The zero-order valence-corrected chi connectivity index (χ0v) is 17.9. The Bertz CT molecular complexity index is 1030. The van der Waals surface area contributed by atoms with E-state index in [1.54, 1.807) is 31.2 Å². The highest BCUT2D eigenvalue weighted by Gasteiger charge is 2.32. The van der Waals surface area contributed by atoms with Gasteiger partial charge in [0.1, 0.15) is 7.11 Å². The third-order valence-electron chi connectivity index (χ3n) is 4.12. The number of hydrogen-bond donors (Lipinski definition) is 0. The maximum absolute atomic E-state index is 13.3. The normalized spacial score (nSPS) is 13.7. The molecule has 0 heterocycles. The summed E-state index contributed by atoms with van der Waals surface area (Å²) in [5.74, 6) is -0.669. The number of amides is 1. The van der Waals surface area contributed by atoms with E-state index in [1.807, 2.05) is 0 Å². The van der Waals surface area contributed by atoms with Crippen LogP contribution in [0.25, 0.3) is 0 Å². The Morgan fingerprint density at radius 2 is 1.81 bits per heavy atom. The number of hydrogen-bond acceptors (Lipinski definition) is 6. The van der Waals surface area contributed by atoms with Crippen molar-refractivity contribution in [1.82, 2.24) is 0 Å². The Kier molecular flexibility index (Phi) is 8.51. The first-order valence-corrected chi connectivity index (χ1v) is 9.37. The molecule has 2 aromatic carbocycles. The summed E-state index contributed by atoms with van der Waals surface area (Å²) in [4.78, 5) is 25.8. The van der Waals surface area contributed by atoms with Gasteiger partial charge in [-0.25, -0.2) is 0 Å². The van der Waals surface area contributed by atoms with E-state index in [0.717, 1.165) is 12.1 Å². The molecule has 0 aliphatic rings. The van der Waals surface area contributed by atoms with Crippen LogP contribution < -0.4 is 0 Å². The molecule has 0 bridgehead atoms. The molecule has 0 fully saturated rings. The molecule has 10 heteroatoms. The molecule has 170 valence electrons. The summed E-state index contributed by atoms with van der Waals surface area (Å²) in [6, 6.07) is 11.4. The van der Waals surface area contributed by atoms with Crippen molar-refractivity contribution < 1.29 is 32.4 Å². The minimum absolute atomic E-state index is 0.0573. The molecule has 2 rings (SSSR count). The summed E-state index contributed by atoms with van der Waals surface area (Å²) in [7, 11) is 2.60. The van der Waals surface area contributed by atoms with E-state index < -0.39 is 23.8 Å². The Balaban J connectivity index is 2.73. The molecular formula is C22H22F3N3O4. The van der Waals surface area contributed by atoms with Crippen molar-refractivity contribution in [3.63, 3.8) is 0 Å². The van der Waals surface area contributed by atoms with Gasteiger partial charge in [-0.15, -0.1) is 0 Å². The van der Waals surface area contributed by atoms with Gasteiger partial charge >= 0.3 is 6.18 Å². The summed E-state index contributed by atoms with van der Waals surface area (Å²) in [6.45, 7) is 2.84. The number of aliphatic imine (C=N–C) groups is 1. The molecule has 0 spiro atoms. The third-order valence-corrected chi connectivity index (χ3v) is 4.12. The van der Waals surface area contributed by atoms with Crippen LogP contribution in [-0.4, -0.2) is 38.0 Å². The Morgan fingerprint density at radius 1 is 1.09 bits per heavy atom. The van der Waals surface area contributed by atoms with Crippen molar-refractivity contribution in [1.29, 1.82) is 0 Å². The summed E-state index contributed by atoms with van der Waals surface area (Å²) in [5, 5.41) is 7.71. The van der Waals surface area contributed by atoms with Crippen molar-refractivity contribution in [3.05, 3.63) is 70.8 Å².